The molecule has 3 rings (SSSR count). The van der Waals surface area contributed by atoms with Gasteiger partial charge in [0, 0.05) is 17.8 Å². The highest BCUT2D eigenvalue weighted by Crippen LogP contribution is 2.36. The Kier molecular flexibility index (Phi) is 3.62. The average molecular weight is 279 g/mol. The van der Waals surface area contributed by atoms with Crippen LogP contribution in [0.2, 0.25) is 0 Å². The lowest BCUT2D eigenvalue weighted by Crippen LogP contribution is -2.30. The largest absolute Gasteiger partial charge is 0.344 e. The normalized spacial score (nSPS) is 20.2. The summed E-state index contributed by atoms with van der Waals surface area (Å²) in [6.45, 7) is 0. The van der Waals surface area contributed by atoms with Gasteiger partial charge >= 0.3 is 5.69 Å². The van der Waals surface area contributed by atoms with Crippen molar-refractivity contribution in [3.63, 3.8) is 0 Å². The van der Waals surface area contributed by atoms with Crippen LogP contribution >= 0.6 is 11.8 Å². The van der Waals surface area contributed by atoms with E-state index in [0.29, 0.717) is 12.1 Å². The molecule has 1 atom stereocenters. The highest BCUT2D eigenvalue weighted by atomic mass is 32.2. The van der Waals surface area contributed by atoms with E-state index in [4.69, 9.17) is 5.26 Å². The molecule has 1 heterocycles. The molecule has 102 valence electrons. The van der Waals surface area contributed by atoms with Gasteiger partial charge in [-0.15, -0.1) is 5.10 Å². The first-order valence-corrected chi connectivity index (χ1v) is 7.72. The molecular weight excluding hydrogens is 262 g/mol. The predicted octanol–water partition coefficient (Wildman–Crippen LogP) is 1.03. The molecule has 2 aliphatic carbocycles. The summed E-state index contributed by atoms with van der Waals surface area (Å²) >= 11 is 1.56. The maximum absolute atomic E-state index is 11.6. The van der Waals surface area contributed by atoms with Gasteiger partial charge in [0.25, 0.3) is 0 Å². The topological polar surface area (TPSA) is 86.5 Å². The monoisotopic (exact) mass is 279 g/mol. The number of nitrogens with zero attached hydrogens (tertiary/aromatic N) is 3. The number of hydrogen-bond acceptors (Lipinski definition) is 5. The van der Waals surface area contributed by atoms with Crippen molar-refractivity contribution < 1.29 is 0 Å². The lowest BCUT2D eigenvalue weighted by atomic mass is 10.2. The van der Waals surface area contributed by atoms with Gasteiger partial charge in [-0.25, -0.2) is 9.89 Å². The molecule has 2 aliphatic rings. The summed E-state index contributed by atoms with van der Waals surface area (Å²) in [4.78, 5) is 11.6. The molecule has 0 saturated heterocycles. The number of aromatic nitrogens is 3. The minimum Gasteiger partial charge on any atom is -0.299 e. The van der Waals surface area contributed by atoms with E-state index < -0.39 is 0 Å². The molecule has 2 N–H and O–H groups in total. The molecule has 1 aromatic rings. The van der Waals surface area contributed by atoms with E-state index in [1.54, 1.807) is 16.3 Å². The van der Waals surface area contributed by atoms with Crippen molar-refractivity contribution in [3.8, 4) is 6.07 Å². The summed E-state index contributed by atoms with van der Waals surface area (Å²) in [6.07, 6.45) is 5.29. The van der Waals surface area contributed by atoms with E-state index >= 15 is 0 Å². The number of H-pyrrole nitrogens is 1. The standard InChI is InChI=1S/C12H17N5OS/c13-7-9(14-8-1-2-8)5-6-19-12-16-15-11(18)17(12)10-3-4-10/h8-10,14H,1-6H2,(H,15,18). The van der Waals surface area contributed by atoms with Crippen LogP contribution in [0.3, 0.4) is 0 Å². The van der Waals surface area contributed by atoms with Gasteiger partial charge in [0.2, 0.25) is 0 Å². The highest BCUT2D eigenvalue weighted by Gasteiger charge is 2.29. The first kappa shape index (κ1) is 12.8. The molecule has 0 aromatic carbocycles. The summed E-state index contributed by atoms with van der Waals surface area (Å²) in [7, 11) is 0. The molecule has 2 fully saturated rings. The van der Waals surface area contributed by atoms with Gasteiger partial charge < -0.3 is 0 Å². The van der Waals surface area contributed by atoms with Gasteiger partial charge in [0.15, 0.2) is 5.16 Å². The Morgan fingerprint density at radius 1 is 1.53 bits per heavy atom. The third kappa shape index (κ3) is 3.19. The van der Waals surface area contributed by atoms with Gasteiger partial charge in [-0.1, -0.05) is 11.8 Å². The second-order valence-electron chi connectivity index (χ2n) is 5.17. The molecule has 19 heavy (non-hydrogen) atoms. The van der Waals surface area contributed by atoms with E-state index in [9.17, 15) is 4.79 Å². The predicted molar refractivity (Wildman–Crippen MR) is 72.0 cm³/mol. The molecule has 2 saturated carbocycles. The molecular formula is C12H17N5OS. The number of hydrogen-bond donors (Lipinski definition) is 2. The van der Waals surface area contributed by atoms with Crippen LogP contribution < -0.4 is 11.0 Å². The quantitative estimate of drug-likeness (QED) is 0.728. The Morgan fingerprint density at radius 2 is 2.32 bits per heavy atom. The van der Waals surface area contributed by atoms with Crippen molar-refractivity contribution in [3.05, 3.63) is 10.5 Å². The van der Waals surface area contributed by atoms with Crippen LogP contribution in [0, 0.1) is 11.3 Å². The third-order valence-corrected chi connectivity index (χ3v) is 4.38. The number of aromatic amines is 1. The summed E-state index contributed by atoms with van der Waals surface area (Å²) in [5.41, 5.74) is -0.113. The summed E-state index contributed by atoms with van der Waals surface area (Å²) in [6, 6.07) is 3.09. The molecule has 0 amide bonds. The lowest BCUT2D eigenvalue weighted by molar-refractivity contribution is 0.585. The summed E-state index contributed by atoms with van der Waals surface area (Å²) in [5, 5.41) is 19.7. The van der Waals surface area contributed by atoms with Crippen molar-refractivity contribution in [2.75, 3.05) is 5.75 Å². The molecule has 0 spiro atoms. The Bertz CT molecular complexity index is 537. The van der Waals surface area contributed by atoms with Crippen molar-refractivity contribution in [2.24, 2.45) is 0 Å². The van der Waals surface area contributed by atoms with Crippen LogP contribution in [0.1, 0.15) is 38.1 Å². The zero-order valence-corrected chi connectivity index (χ0v) is 11.4. The van der Waals surface area contributed by atoms with Gasteiger partial charge in [-0.2, -0.15) is 5.26 Å². The Balaban J connectivity index is 1.51. The number of thioether (sulfide) groups is 1. The van der Waals surface area contributed by atoms with Gasteiger partial charge in [-0.3, -0.25) is 9.88 Å². The maximum Gasteiger partial charge on any atom is 0.344 e. The van der Waals surface area contributed by atoms with Gasteiger partial charge in [-0.05, 0) is 32.1 Å². The smallest absolute Gasteiger partial charge is 0.299 e. The fourth-order valence-corrected chi connectivity index (χ4v) is 3.05. The van der Waals surface area contributed by atoms with E-state index in [2.05, 4.69) is 21.6 Å². The van der Waals surface area contributed by atoms with Crippen LogP contribution in [0.25, 0.3) is 0 Å². The van der Waals surface area contributed by atoms with Crippen molar-refractivity contribution in [1.82, 2.24) is 20.1 Å². The molecule has 0 radical (unpaired) electrons. The Labute approximate surface area is 115 Å². The lowest BCUT2D eigenvalue weighted by Gasteiger charge is -2.09. The van der Waals surface area contributed by atoms with Crippen molar-refractivity contribution in [2.45, 2.75) is 55.4 Å². The van der Waals surface area contributed by atoms with Crippen LogP contribution in [0.5, 0.6) is 0 Å². The van der Waals surface area contributed by atoms with Crippen LogP contribution in [-0.4, -0.2) is 32.6 Å². The summed E-state index contributed by atoms with van der Waals surface area (Å²) < 4.78 is 1.75. The zero-order valence-electron chi connectivity index (χ0n) is 10.6. The third-order valence-electron chi connectivity index (χ3n) is 3.39. The van der Waals surface area contributed by atoms with Crippen molar-refractivity contribution >= 4 is 11.8 Å². The summed E-state index contributed by atoms with van der Waals surface area (Å²) in [5.74, 6) is 0.801. The minimum atomic E-state index is -0.113. The molecule has 0 aliphatic heterocycles. The molecule has 1 aromatic heterocycles. The number of rotatable bonds is 7. The van der Waals surface area contributed by atoms with E-state index in [1.165, 1.54) is 12.8 Å². The zero-order chi connectivity index (χ0) is 13.2. The van der Waals surface area contributed by atoms with Crippen LogP contribution in [0.15, 0.2) is 9.95 Å². The van der Waals surface area contributed by atoms with E-state index in [1.807, 2.05) is 0 Å². The number of nitriles is 1. The SMILES string of the molecule is N#CC(CCSc1n[nH]c(=O)n1C1CC1)NC1CC1. The van der Waals surface area contributed by atoms with Crippen LogP contribution in [-0.2, 0) is 0 Å². The second-order valence-corrected chi connectivity index (χ2v) is 6.23. The Morgan fingerprint density at radius 3 is 2.95 bits per heavy atom. The van der Waals surface area contributed by atoms with E-state index in [-0.39, 0.29) is 11.7 Å². The van der Waals surface area contributed by atoms with Crippen LogP contribution in [0.4, 0.5) is 0 Å². The number of nitrogens with one attached hydrogen (secondary N) is 2. The fraction of sp³-hybridized carbons (Fsp3) is 0.750. The Hall–Kier alpha value is -1.26. The molecule has 7 heteroatoms. The first-order chi connectivity index (χ1) is 9.28. The molecule has 6 nitrogen and oxygen atoms in total. The average Bonchev–Trinajstić information content (AvgIpc) is 3.31. The molecule has 0 bridgehead atoms. The fourth-order valence-electron chi connectivity index (χ4n) is 2.03. The van der Waals surface area contributed by atoms with Gasteiger partial charge in [0.05, 0.1) is 12.1 Å². The minimum absolute atomic E-state index is 0.0833. The molecule has 1 unspecified atom stereocenters. The van der Waals surface area contributed by atoms with E-state index in [0.717, 1.165) is 30.2 Å². The van der Waals surface area contributed by atoms with Gasteiger partial charge in [0.1, 0.15) is 0 Å². The highest BCUT2D eigenvalue weighted by molar-refractivity contribution is 7.99. The second kappa shape index (κ2) is 5.39. The maximum atomic E-state index is 11.6. The first-order valence-electron chi connectivity index (χ1n) is 6.73. The van der Waals surface area contributed by atoms with Crippen molar-refractivity contribution in [1.29, 1.82) is 5.26 Å².